The predicted octanol–water partition coefficient (Wildman–Crippen LogP) is 2.19. The molecule has 0 aliphatic heterocycles. The molecular weight excluding hydrogens is 287 g/mol. The van der Waals surface area contributed by atoms with Crippen molar-refractivity contribution in [3.8, 4) is 5.75 Å². The fourth-order valence-electron chi connectivity index (χ4n) is 1.71. The van der Waals surface area contributed by atoms with Crippen molar-refractivity contribution in [1.82, 2.24) is 4.90 Å². The van der Waals surface area contributed by atoms with Gasteiger partial charge in [-0.1, -0.05) is 0 Å². The number of hydrogen-bond donors (Lipinski definition) is 2. The molecule has 1 aromatic carbocycles. The molecule has 0 aromatic heterocycles. The van der Waals surface area contributed by atoms with Crippen molar-refractivity contribution in [2.45, 2.75) is 20.0 Å². The van der Waals surface area contributed by atoms with Crippen molar-refractivity contribution in [3.63, 3.8) is 0 Å². The number of halogens is 1. The van der Waals surface area contributed by atoms with Crippen LogP contribution in [0.2, 0.25) is 0 Å². The summed E-state index contributed by atoms with van der Waals surface area (Å²) in [6.45, 7) is 3.75. The molecule has 1 aromatic rings. The van der Waals surface area contributed by atoms with E-state index in [2.05, 4.69) is 5.32 Å². The van der Waals surface area contributed by atoms with Crippen LogP contribution in [0.3, 0.4) is 0 Å². The normalized spacial score (nSPS) is 12.0. The maximum atomic E-state index is 13.4. The van der Waals surface area contributed by atoms with Crippen LogP contribution >= 0.6 is 0 Å². The van der Waals surface area contributed by atoms with Crippen molar-refractivity contribution in [2.75, 3.05) is 32.6 Å². The van der Waals surface area contributed by atoms with Gasteiger partial charge in [0, 0.05) is 12.2 Å². The molecule has 0 saturated heterocycles. The number of nitrogens with zero attached hydrogens (tertiary/aromatic N) is 1. The third kappa shape index (κ3) is 6.24. The summed E-state index contributed by atoms with van der Waals surface area (Å²) in [6.07, 6.45) is -0.582. The summed E-state index contributed by atoms with van der Waals surface area (Å²) in [7, 11) is 3.73. The molecule has 5 nitrogen and oxygen atoms in total. The van der Waals surface area contributed by atoms with Crippen LogP contribution in [-0.4, -0.2) is 49.3 Å². The largest absolute Gasteiger partial charge is 0.491 e. The fourth-order valence-corrected chi connectivity index (χ4v) is 1.71. The molecule has 1 rings (SSSR count). The van der Waals surface area contributed by atoms with Crippen LogP contribution in [0.15, 0.2) is 35.7 Å². The zero-order valence-corrected chi connectivity index (χ0v) is 13.4. The minimum atomic E-state index is -0.785. The first kappa shape index (κ1) is 18.1. The van der Waals surface area contributed by atoms with Gasteiger partial charge in [0.1, 0.15) is 18.5 Å². The molecule has 6 heteroatoms. The van der Waals surface area contributed by atoms with Crippen LogP contribution in [-0.2, 0) is 4.79 Å². The lowest BCUT2D eigenvalue weighted by atomic mass is 10.2. The van der Waals surface area contributed by atoms with Gasteiger partial charge in [0.05, 0.1) is 0 Å². The Morgan fingerprint density at radius 1 is 1.32 bits per heavy atom. The number of anilines is 1. The lowest BCUT2D eigenvalue weighted by Gasteiger charge is -2.16. The first-order valence-electron chi connectivity index (χ1n) is 6.99. The summed E-state index contributed by atoms with van der Waals surface area (Å²) in [4.78, 5) is 13.4. The van der Waals surface area contributed by atoms with E-state index >= 15 is 0 Å². The molecule has 0 heterocycles. The number of ether oxygens (including phenoxy) is 1. The molecular formula is C16H23FN2O3. The third-order valence-electron chi connectivity index (χ3n) is 2.77. The van der Waals surface area contributed by atoms with Crippen LogP contribution in [0.4, 0.5) is 10.1 Å². The summed E-state index contributed by atoms with van der Waals surface area (Å²) in [5.74, 6) is -0.985. The zero-order chi connectivity index (χ0) is 16.7. The number of nitrogens with one attached hydrogen (secondary N) is 1. The number of likely N-dealkylation sites (N-methyl/N-ethyl adjacent to an activating group) is 1. The van der Waals surface area contributed by atoms with Crippen LogP contribution in [0, 0.1) is 0 Å². The summed E-state index contributed by atoms with van der Waals surface area (Å²) >= 11 is 0. The Bertz CT molecular complexity index is 523. The lowest BCUT2D eigenvalue weighted by Crippen LogP contribution is -2.30. The second-order valence-electron chi connectivity index (χ2n) is 5.52. The van der Waals surface area contributed by atoms with E-state index in [4.69, 9.17) is 4.74 Å². The highest BCUT2D eigenvalue weighted by Crippen LogP contribution is 2.17. The van der Waals surface area contributed by atoms with Gasteiger partial charge in [0.2, 0.25) is 0 Å². The summed E-state index contributed by atoms with van der Waals surface area (Å²) in [5.41, 5.74) is 0.801. The van der Waals surface area contributed by atoms with E-state index < -0.39 is 17.8 Å². The second-order valence-corrected chi connectivity index (χ2v) is 5.52. The molecule has 0 aliphatic rings. The van der Waals surface area contributed by atoms with E-state index in [1.54, 1.807) is 24.3 Å². The first-order valence-corrected chi connectivity index (χ1v) is 6.99. The Kier molecular flexibility index (Phi) is 7.01. The number of carbonyl (C=O) groups excluding carboxylic acids is 1. The number of aliphatic hydroxyl groups excluding tert-OH is 1. The van der Waals surface area contributed by atoms with Gasteiger partial charge in [-0.3, -0.25) is 4.79 Å². The van der Waals surface area contributed by atoms with Crippen molar-refractivity contribution < 1.29 is 19.0 Å². The second kappa shape index (κ2) is 8.51. The van der Waals surface area contributed by atoms with Crippen molar-refractivity contribution in [3.05, 3.63) is 35.7 Å². The first-order chi connectivity index (χ1) is 10.3. The van der Waals surface area contributed by atoms with Crippen LogP contribution in [0.5, 0.6) is 5.75 Å². The molecule has 1 unspecified atom stereocenters. The van der Waals surface area contributed by atoms with Crippen LogP contribution in [0.1, 0.15) is 13.8 Å². The van der Waals surface area contributed by atoms with Gasteiger partial charge in [-0.2, -0.15) is 0 Å². The topological polar surface area (TPSA) is 61.8 Å². The predicted molar refractivity (Wildman–Crippen MR) is 84.6 cm³/mol. The molecule has 22 heavy (non-hydrogen) atoms. The lowest BCUT2D eigenvalue weighted by molar-refractivity contribution is -0.114. The molecule has 0 spiro atoms. The van der Waals surface area contributed by atoms with E-state index in [-0.39, 0.29) is 6.61 Å². The Morgan fingerprint density at radius 3 is 2.41 bits per heavy atom. The number of allylic oxidation sites excluding steroid dienone is 1. The highest BCUT2D eigenvalue weighted by Gasteiger charge is 2.11. The van der Waals surface area contributed by atoms with E-state index in [1.165, 1.54) is 13.8 Å². The smallest absolute Gasteiger partial charge is 0.284 e. The average Bonchev–Trinajstić information content (AvgIpc) is 2.44. The number of hydrogen-bond acceptors (Lipinski definition) is 4. The Morgan fingerprint density at radius 2 is 1.91 bits per heavy atom. The maximum Gasteiger partial charge on any atom is 0.284 e. The Balaban J connectivity index is 2.53. The molecule has 1 atom stereocenters. The number of benzene rings is 1. The number of amides is 1. The van der Waals surface area contributed by atoms with E-state index in [9.17, 15) is 14.3 Å². The highest BCUT2D eigenvalue weighted by atomic mass is 19.1. The van der Waals surface area contributed by atoms with Gasteiger partial charge < -0.3 is 20.1 Å². The average molecular weight is 310 g/mol. The monoisotopic (exact) mass is 310 g/mol. The van der Waals surface area contributed by atoms with E-state index in [1.807, 2.05) is 19.0 Å². The van der Waals surface area contributed by atoms with Crippen molar-refractivity contribution >= 4 is 11.6 Å². The minimum Gasteiger partial charge on any atom is -0.491 e. The number of rotatable bonds is 7. The molecule has 1 amide bonds. The standard InChI is InChI=1S/C16H23FN2O3/c1-11(2)15(17)16(21)18-12-5-7-14(8-6-12)22-10-13(20)9-19(3)4/h5-8,13,20H,9-10H2,1-4H3,(H,18,21). The Hall–Kier alpha value is -1.92. The maximum absolute atomic E-state index is 13.4. The van der Waals surface area contributed by atoms with Gasteiger partial charge in [0.15, 0.2) is 5.83 Å². The van der Waals surface area contributed by atoms with Gasteiger partial charge in [-0.15, -0.1) is 0 Å². The molecule has 0 saturated carbocycles. The SMILES string of the molecule is CC(C)=C(F)C(=O)Nc1ccc(OCC(O)CN(C)C)cc1. The summed E-state index contributed by atoms with van der Waals surface area (Å²) in [6, 6.07) is 6.53. The van der Waals surface area contributed by atoms with Crippen molar-refractivity contribution in [2.24, 2.45) is 0 Å². The fraction of sp³-hybridized carbons (Fsp3) is 0.438. The van der Waals surface area contributed by atoms with Gasteiger partial charge in [-0.05, 0) is 57.8 Å². The minimum absolute atomic E-state index is 0.177. The molecule has 0 radical (unpaired) electrons. The third-order valence-corrected chi connectivity index (χ3v) is 2.77. The van der Waals surface area contributed by atoms with Crippen LogP contribution in [0.25, 0.3) is 0 Å². The summed E-state index contributed by atoms with van der Waals surface area (Å²) in [5, 5.41) is 12.2. The number of carbonyl (C=O) groups is 1. The quantitative estimate of drug-likeness (QED) is 0.758. The van der Waals surface area contributed by atoms with Gasteiger partial charge in [-0.25, -0.2) is 4.39 Å². The van der Waals surface area contributed by atoms with Crippen molar-refractivity contribution in [1.29, 1.82) is 0 Å². The van der Waals surface area contributed by atoms with Crippen LogP contribution < -0.4 is 10.1 Å². The van der Waals surface area contributed by atoms with E-state index in [0.717, 1.165) is 0 Å². The molecule has 2 N–H and O–H groups in total. The zero-order valence-electron chi connectivity index (χ0n) is 13.4. The van der Waals surface area contributed by atoms with E-state index in [0.29, 0.717) is 23.6 Å². The Labute approximate surface area is 130 Å². The highest BCUT2D eigenvalue weighted by molar-refractivity contribution is 6.02. The molecule has 122 valence electrons. The molecule has 0 fully saturated rings. The van der Waals surface area contributed by atoms with Gasteiger partial charge in [0.25, 0.3) is 5.91 Å². The van der Waals surface area contributed by atoms with Gasteiger partial charge >= 0.3 is 0 Å². The summed E-state index contributed by atoms with van der Waals surface area (Å²) < 4.78 is 18.9. The molecule has 0 aliphatic carbocycles. The molecule has 0 bridgehead atoms. The number of aliphatic hydroxyl groups is 1.